The summed E-state index contributed by atoms with van der Waals surface area (Å²) < 4.78 is 53.1. The van der Waals surface area contributed by atoms with Crippen molar-refractivity contribution in [2.24, 2.45) is 11.3 Å². The molecule has 0 saturated carbocycles. The average Bonchev–Trinajstić information content (AvgIpc) is 2.87. The molecule has 0 bridgehead atoms. The number of allylic oxidation sites excluding steroid dienone is 4. The predicted octanol–water partition coefficient (Wildman–Crippen LogP) is 4.48. The van der Waals surface area contributed by atoms with Crippen LogP contribution in [0.25, 0.3) is 0 Å². The van der Waals surface area contributed by atoms with Gasteiger partial charge in [-0.25, -0.2) is 4.39 Å². The fourth-order valence-corrected chi connectivity index (χ4v) is 3.33. The lowest BCUT2D eigenvalue weighted by molar-refractivity contribution is -0.142. The summed E-state index contributed by atoms with van der Waals surface area (Å²) in [5.41, 5.74) is -2.58. The molecule has 1 aliphatic rings. The van der Waals surface area contributed by atoms with Gasteiger partial charge < -0.3 is 10.2 Å². The zero-order valence-electron chi connectivity index (χ0n) is 16.3. The van der Waals surface area contributed by atoms with Gasteiger partial charge in [0.1, 0.15) is 11.2 Å². The van der Waals surface area contributed by atoms with Crippen LogP contribution in [0, 0.1) is 17.2 Å². The third-order valence-electron chi connectivity index (χ3n) is 5.08. The Kier molecular flexibility index (Phi) is 6.35. The smallest absolute Gasteiger partial charge is 0.344 e. The normalized spacial score (nSPS) is 23.3. The number of anilines is 1. The van der Waals surface area contributed by atoms with Gasteiger partial charge in [-0.1, -0.05) is 36.9 Å². The van der Waals surface area contributed by atoms with E-state index in [4.69, 9.17) is 0 Å². The molecule has 2 rings (SSSR count). The number of amides is 2. The second-order valence-electron chi connectivity index (χ2n) is 7.10. The highest BCUT2D eigenvalue weighted by molar-refractivity contribution is 6.12. The van der Waals surface area contributed by atoms with E-state index in [1.807, 2.05) is 0 Å². The van der Waals surface area contributed by atoms with Crippen molar-refractivity contribution in [2.45, 2.75) is 20.0 Å². The number of nitrogens with one attached hydrogen (secondary N) is 1. The third kappa shape index (κ3) is 4.41. The average molecular weight is 410 g/mol. The molecule has 1 unspecified atom stereocenters. The number of hydrogen-bond acceptors (Lipinski definition) is 2. The maximum absolute atomic E-state index is 13.9. The number of carbonyl (C=O) groups is 2. The van der Waals surface area contributed by atoms with Crippen molar-refractivity contribution in [3.63, 3.8) is 0 Å². The first kappa shape index (κ1) is 22.4. The van der Waals surface area contributed by atoms with Crippen LogP contribution in [0.2, 0.25) is 0 Å². The van der Waals surface area contributed by atoms with Crippen LogP contribution in [0.15, 0.2) is 60.2 Å². The van der Waals surface area contributed by atoms with Gasteiger partial charge in [-0.05, 0) is 31.6 Å². The van der Waals surface area contributed by atoms with Crippen molar-refractivity contribution < 1.29 is 27.2 Å². The minimum absolute atomic E-state index is 0.0291. The Morgan fingerprint density at radius 2 is 1.97 bits per heavy atom. The SMILES string of the molecule is C=C/C=C(\C=C(/C)C(F)(F)F)[C@@H]1CN(C)C(=O)C1(C)C(=O)Nc1ccccc1F. The van der Waals surface area contributed by atoms with Crippen molar-refractivity contribution in [1.29, 1.82) is 0 Å². The first-order chi connectivity index (χ1) is 13.4. The summed E-state index contributed by atoms with van der Waals surface area (Å²) in [6, 6.07) is 5.44. The number of benzene rings is 1. The molecule has 156 valence electrons. The molecular formula is C21H22F4N2O2. The number of halogens is 4. The largest absolute Gasteiger partial charge is 0.412 e. The number of para-hydroxylation sites is 1. The Morgan fingerprint density at radius 3 is 2.52 bits per heavy atom. The van der Waals surface area contributed by atoms with E-state index in [1.54, 1.807) is 0 Å². The highest BCUT2D eigenvalue weighted by Crippen LogP contribution is 2.43. The Labute approximate surface area is 166 Å². The number of carbonyl (C=O) groups excluding carboxylic acids is 2. The van der Waals surface area contributed by atoms with Gasteiger partial charge in [0.2, 0.25) is 11.8 Å². The zero-order valence-corrected chi connectivity index (χ0v) is 16.3. The molecule has 2 amide bonds. The number of nitrogens with zero attached hydrogens (tertiary/aromatic N) is 1. The Morgan fingerprint density at radius 1 is 1.34 bits per heavy atom. The van der Waals surface area contributed by atoms with Crippen LogP contribution in [0.3, 0.4) is 0 Å². The molecule has 1 aliphatic heterocycles. The fourth-order valence-electron chi connectivity index (χ4n) is 3.33. The second-order valence-corrected chi connectivity index (χ2v) is 7.10. The summed E-state index contributed by atoms with van der Waals surface area (Å²) in [4.78, 5) is 27.1. The van der Waals surface area contributed by atoms with Gasteiger partial charge in [0.15, 0.2) is 0 Å². The van der Waals surface area contributed by atoms with Crippen molar-refractivity contribution in [3.8, 4) is 0 Å². The van der Waals surface area contributed by atoms with E-state index in [2.05, 4.69) is 11.9 Å². The van der Waals surface area contributed by atoms with Gasteiger partial charge in [0.25, 0.3) is 0 Å². The first-order valence-electron chi connectivity index (χ1n) is 8.82. The number of alkyl halides is 3. The molecule has 0 aromatic heterocycles. The van der Waals surface area contributed by atoms with Crippen LogP contribution in [0.5, 0.6) is 0 Å². The standard InChI is InChI=1S/C21H22F4N2O2/c1-5-8-14(11-13(2)21(23,24)25)15-12-27(4)19(29)20(15,3)18(28)26-17-10-7-6-9-16(17)22/h5-11,15H,1,12H2,2-4H3,(H,26,28)/b13-11+,14-8+/t15-,20?/m0/s1. The number of rotatable bonds is 5. The van der Waals surface area contributed by atoms with Crippen molar-refractivity contribution >= 4 is 17.5 Å². The number of hydrogen-bond donors (Lipinski definition) is 1. The van der Waals surface area contributed by atoms with Crippen LogP contribution in [0.1, 0.15) is 13.8 Å². The molecule has 29 heavy (non-hydrogen) atoms. The van der Waals surface area contributed by atoms with E-state index >= 15 is 0 Å². The second kappa shape index (κ2) is 8.23. The fraction of sp³-hybridized carbons (Fsp3) is 0.333. The summed E-state index contributed by atoms with van der Waals surface area (Å²) in [5.74, 6) is -2.93. The Hall–Kier alpha value is -2.90. The lowest BCUT2D eigenvalue weighted by Gasteiger charge is -2.28. The lowest BCUT2D eigenvalue weighted by Crippen LogP contribution is -2.44. The molecule has 1 aromatic rings. The molecule has 1 heterocycles. The molecule has 1 aromatic carbocycles. The molecule has 1 N–H and O–H groups in total. The lowest BCUT2D eigenvalue weighted by atomic mass is 9.73. The van der Waals surface area contributed by atoms with E-state index in [9.17, 15) is 27.2 Å². The minimum atomic E-state index is -4.55. The van der Waals surface area contributed by atoms with E-state index in [0.717, 1.165) is 19.1 Å². The van der Waals surface area contributed by atoms with Crippen molar-refractivity contribution in [1.82, 2.24) is 4.90 Å². The maximum Gasteiger partial charge on any atom is 0.412 e. The highest BCUT2D eigenvalue weighted by atomic mass is 19.4. The van der Waals surface area contributed by atoms with Crippen LogP contribution < -0.4 is 5.32 Å². The van der Waals surface area contributed by atoms with Gasteiger partial charge >= 0.3 is 6.18 Å². The highest BCUT2D eigenvalue weighted by Gasteiger charge is 2.55. The molecule has 8 heteroatoms. The van der Waals surface area contributed by atoms with Crippen LogP contribution in [-0.2, 0) is 9.59 Å². The minimum Gasteiger partial charge on any atom is -0.344 e. The molecule has 1 saturated heterocycles. The predicted molar refractivity (Wildman–Crippen MR) is 102 cm³/mol. The topological polar surface area (TPSA) is 49.4 Å². The summed E-state index contributed by atoms with van der Waals surface area (Å²) >= 11 is 0. The van der Waals surface area contributed by atoms with Crippen molar-refractivity contribution in [3.05, 3.63) is 66.0 Å². The molecule has 0 radical (unpaired) electrons. The quantitative estimate of drug-likeness (QED) is 0.442. The van der Waals surface area contributed by atoms with Crippen LogP contribution in [0.4, 0.5) is 23.2 Å². The van der Waals surface area contributed by atoms with E-state index < -0.39 is 40.7 Å². The van der Waals surface area contributed by atoms with Crippen LogP contribution >= 0.6 is 0 Å². The summed E-state index contributed by atoms with van der Waals surface area (Å²) in [7, 11) is 1.46. The van der Waals surface area contributed by atoms with E-state index in [-0.39, 0.29) is 17.8 Å². The summed E-state index contributed by atoms with van der Waals surface area (Å²) in [5, 5.41) is 2.40. The third-order valence-corrected chi connectivity index (χ3v) is 5.08. The molecule has 0 spiro atoms. The Bertz CT molecular complexity index is 889. The first-order valence-corrected chi connectivity index (χ1v) is 8.82. The van der Waals surface area contributed by atoms with Crippen LogP contribution in [-0.4, -0.2) is 36.5 Å². The molecule has 4 nitrogen and oxygen atoms in total. The monoisotopic (exact) mass is 410 g/mol. The van der Waals surface area contributed by atoms with Gasteiger partial charge in [-0.3, -0.25) is 9.59 Å². The van der Waals surface area contributed by atoms with E-state index in [1.165, 1.54) is 49.2 Å². The van der Waals surface area contributed by atoms with Gasteiger partial charge in [-0.15, -0.1) is 0 Å². The summed E-state index contributed by atoms with van der Waals surface area (Å²) in [6.45, 7) is 5.81. The number of likely N-dealkylation sites (tertiary alicyclic amines) is 1. The van der Waals surface area contributed by atoms with Gasteiger partial charge in [0.05, 0.1) is 5.69 Å². The van der Waals surface area contributed by atoms with E-state index in [0.29, 0.717) is 0 Å². The molecule has 0 aliphatic carbocycles. The van der Waals surface area contributed by atoms with Crippen molar-refractivity contribution in [2.75, 3.05) is 18.9 Å². The summed E-state index contributed by atoms with van der Waals surface area (Å²) in [6.07, 6.45) is -0.998. The molecular weight excluding hydrogens is 388 g/mol. The van der Waals surface area contributed by atoms with Gasteiger partial charge in [0, 0.05) is 25.1 Å². The Balaban J connectivity index is 2.50. The zero-order chi connectivity index (χ0) is 22.0. The maximum atomic E-state index is 13.9. The molecule has 2 atom stereocenters. The molecule has 1 fully saturated rings. The van der Waals surface area contributed by atoms with Gasteiger partial charge in [-0.2, -0.15) is 13.2 Å².